The van der Waals surface area contributed by atoms with Crippen molar-refractivity contribution in [2.45, 2.75) is 58.7 Å². The van der Waals surface area contributed by atoms with Gasteiger partial charge in [0.15, 0.2) is 11.5 Å². The summed E-state index contributed by atoms with van der Waals surface area (Å²) in [5.74, 6) is 0.905. The number of likely N-dealkylation sites (tertiary alicyclic amines) is 1. The first-order valence-corrected chi connectivity index (χ1v) is 11.8. The number of methoxy groups -OCH3 is 2. The van der Waals surface area contributed by atoms with E-state index in [2.05, 4.69) is 0 Å². The Balaban J connectivity index is 2.13. The standard InChI is InChI=1S/C25H41N3O6/c1-17(2)28(15-19-14-27(16-20(19)26)24(30)34-25(3,4)5)23(29)18-9-10-21(32-7)22(13-18)33-12-8-11-31-6/h9-10,13,17,19-20H,8,11-12,14-16,26H2,1-7H3. The van der Waals surface area contributed by atoms with Gasteiger partial charge in [-0.05, 0) is 52.8 Å². The van der Waals surface area contributed by atoms with Crippen molar-refractivity contribution >= 4 is 12.0 Å². The summed E-state index contributed by atoms with van der Waals surface area (Å²) >= 11 is 0. The summed E-state index contributed by atoms with van der Waals surface area (Å²) in [6, 6.07) is 4.90. The van der Waals surface area contributed by atoms with Gasteiger partial charge in [0.1, 0.15) is 5.60 Å². The fourth-order valence-corrected chi connectivity index (χ4v) is 3.82. The van der Waals surface area contributed by atoms with Crippen LogP contribution in [0.2, 0.25) is 0 Å². The normalized spacial score (nSPS) is 18.2. The van der Waals surface area contributed by atoms with E-state index in [0.717, 1.165) is 6.42 Å². The van der Waals surface area contributed by atoms with Gasteiger partial charge in [0.05, 0.1) is 13.7 Å². The molecule has 1 saturated heterocycles. The molecule has 2 rings (SSSR count). The minimum atomic E-state index is -0.573. The molecule has 0 spiro atoms. The SMILES string of the molecule is COCCCOc1cc(C(=O)N(CC2CN(C(=O)OC(C)(C)C)CC2N)C(C)C)ccc1OC. The van der Waals surface area contributed by atoms with Crippen LogP contribution in [-0.4, -0.2) is 86.6 Å². The zero-order valence-corrected chi connectivity index (χ0v) is 21.6. The van der Waals surface area contributed by atoms with Crippen molar-refractivity contribution in [3.8, 4) is 11.5 Å². The van der Waals surface area contributed by atoms with Gasteiger partial charge in [-0.3, -0.25) is 4.79 Å². The second-order valence-corrected chi connectivity index (χ2v) is 9.92. The Morgan fingerprint density at radius 1 is 1.15 bits per heavy atom. The molecule has 1 fully saturated rings. The minimum Gasteiger partial charge on any atom is -0.493 e. The zero-order chi connectivity index (χ0) is 25.5. The molecule has 1 aliphatic rings. The highest BCUT2D eigenvalue weighted by Gasteiger charge is 2.37. The molecular weight excluding hydrogens is 438 g/mol. The van der Waals surface area contributed by atoms with Crippen LogP contribution in [0.4, 0.5) is 4.79 Å². The Morgan fingerprint density at radius 3 is 2.44 bits per heavy atom. The Kier molecular flexibility index (Phi) is 10.00. The average Bonchev–Trinajstić information content (AvgIpc) is 3.13. The van der Waals surface area contributed by atoms with Crippen molar-refractivity contribution in [2.75, 3.05) is 47.1 Å². The second kappa shape index (κ2) is 12.3. The summed E-state index contributed by atoms with van der Waals surface area (Å²) in [5.41, 5.74) is 6.30. The van der Waals surface area contributed by atoms with Crippen LogP contribution in [-0.2, 0) is 9.47 Å². The zero-order valence-electron chi connectivity index (χ0n) is 21.6. The topological polar surface area (TPSA) is 104 Å². The van der Waals surface area contributed by atoms with Crippen molar-refractivity contribution in [3.05, 3.63) is 23.8 Å². The molecule has 2 unspecified atom stereocenters. The smallest absolute Gasteiger partial charge is 0.410 e. The van der Waals surface area contributed by atoms with Gasteiger partial charge in [-0.2, -0.15) is 0 Å². The van der Waals surface area contributed by atoms with Crippen molar-refractivity contribution in [1.29, 1.82) is 0 Å². The van der Waals surface area contributed by atoms with E-state index >= 15 is 0 Å². The maximum Gasteiger partial charge on any atom is 0.410 e. The third-order valence-electron chi connectivity index (χ3n) is 5.62. The first kappa shape index (κ1) is 27.7. The molecule has 1 aromatic rings. The van der Waals surface area contributed by atoms with E-state index in [1.165, 1.54) is 0 Å². The van der Waals surface area contributed by atoms with Gasteiger partial charge in [-0.1, -0.05) is 0 Å². The van der Waals surface area contributed by atoms with Crippen LogP contribution < -0.4 is 15.2 Å². The summed E-state index contributed by atoms with van der Waals surface area (Å²) < 4.78 is 21.8. The van der Waals surface area contributed by atoms with Crippen molar-refractivity contribution in [2.24, 2.45) is 11.7 Å². The average molecular weight is 480 g/mol. The van der Waals surface area contributed by atoms with Gasteiger partial charge >= 0.3 is 6.09 Å². The number of rotatable bonds is 10. The van der Waals surface area contributed by atoms with Gasteiger partial charge < -0.3 is 34.5 Å². The minimum absolute atomic E-state index is 0.0524. The summed E-state index contributed by atoms with van der Waals surface area (Å²) in [4.78, 5) is 29.4. The summed E-state index contributed by atoms with van der Waals surface area (Å²) in [6.45, 7) is 11.8. The molecule has 0 radical (unpaired) electrons. The van der Waals surface area contributed by atoms with E-state index < -0.39 is 5.60 Å². The van der Waals surface area contributed by atoms with Gasteiger partial charge in [0.2, 0.25) is 0 Å². The number of nitrogens with two attached hydrogens (primary N) is 1. The molecule has 2 amide bonds. The van der Waals surface area contributed by atoms with E-state index in [0.29, 0.717) is 49.9 Å². The molecule has 2 atom stereocenters. The third-order valence-corrected chi connectivity index (χ3v) is 5.62. The molecule has 9 heteroatoms. The molecule has 34 heavy (non-hydrogen) atoms. The van der Waals surface area contributed by atoms with E-state index in [-0.39, 0.29) is 30.0 Å². The number of amides is 2. The molecule has 1 aromatic carbocycles. The summed E-state index contributed by atoms with van der Waals surface area (Å²) in [5, 5.41) is 0. The predicted molar refractivity (Wildman–Crippen MR) is 130 cm³/mol. The molecule has 0 bridgehead atoms. The number of hydrogen-bond donors (Lipinski definition) is 1. The number of hydrogen-bond acceptors (Lipinski definition) is 7. The monoisotopic (exact) mass is 479 g/mol. The van der Waals surface area contributed by atoms with Crippen LogP contribution in [0.5, 0.6) is 11.5 Å². The highest BCUT2D eigenvalue weighted by Crippen LogP contribution is 2.29. The number of ether oxygens (including phenoxy) is 4. The van der Waals surface area contributed by atoms with Gasteiger partial charge in [-0.15, -0.1) is 0 Å². The van der Waals surface area contributed by atoms with Crippen LogP contribution >= 0.6 is 0 Å². The van der Waals surface area contributed by atoms with Crippen LogP contribution in [0.25, 0.3) is 0 Å². The molecule has 192 valence electrons. The van der Waals surface area contributed by atoms with E-state index in [4.69, 9.17) is 24.7 Å². The first-order valence-electron chi connectivity index (χ1n) is 11.8. The van der Waals surface area contributed by atoms with Gasteiger partial charge in [0.25, 0.3) is 5.91 Å². The Morgan fingerprint density at radius 2 is 1.85 bits per heavy atom. The maximum atomic E-state index is 13.5. The maximum absolute atomic E-state index is 13.5. The van der Waals surface area contributed by atoms with Gasteiger partial charge in [0, 0.05) is 63.3 Å². The molecule has 0 aromatic heterocycles. The van der Waals surface area contributed by atoms with Crippen LogP contribution in [0.3, 0.4) is 0 Å². The number of nitrogens with zero attached hydrogens (tertiary/aromatic N) is 2. The Bertz CT molecular complexity index is 823. The molecule has 9 nitrogen and oxygen atoms in total. The second-order valence-electron chi connectivity index (χ2n) is 9.92. The van der Waals surface area contributed by atoms with Crippen molar-refractivity contribution < 1.29 is 28.5 Å². The number of carbonyl (C=O) groups is 2. The van der Waals surface area contributed by atoms with Crippen LogP contribution in [0.15, 0.2) is 18.2 Å². The van der Waals surface area contributed by atoms with E-state index in [9.17, 15) is 9.59 Å². The van der Waals surface area contributed by atoms with Crippen LogP contribution in [0.1, 0.15) is 51.4 Å². The van der Waals surface area contributed by atoms with Crippen molar-refractivity contribution in [1.82, 2.24) is 9.80 Å². The molecule has 2 N–H and O–H groups in total. The lowest BCUT2D eigenvalue weighted by molar-refractivity contribution is 0.0284. The highest BCUT2D eigenvalue weighted by atomic mass is 16.6. The van der Waals surface area contributed by atoms with E-state index in [1.54, 1.807) is 42.2 Å². The number of benzene rings is 1. The highest BCUT2D eigenvalue weighted by molar-refractivity contribution is 5.95. The van der Waals surface area contributed by atoms with Crippen LogP contribution in [0, 0.1) is 5.92 Å². The predicted octanol–water partition coefficient (Wildman–Crippen LogP) is 3.16. The molecule has 0 aliphatic carbocycles. The quantitative estimate of drug-likeness (QED) is 0.514. The molecule has 0 saturated carbocycles. The first-order chi connectivity index (χ1) is 16.0. The van der Waals surface area contributed by atoms with Gasteiger partial charge in [-0.25, -0.2) is 4.79 Å². The Hall–Kier alpha value is -2.52. The summed E-state index contributed by atoms with van der Waals surface area (Å²) in [7, 11) is 3.21. The lowest BCUT2D eigenvalue weighted by Gasteiger charge is -2.31. The van der Waals surface area contributed by atoms with E-state index in [1.807, 2.05) is 34.6 Å². The lowest BCUT2D eigenvalue weighted by Crippen LogP contribution is -2.44. The summed E-state index contributed by atoms with van der Waals surface area (Å²) in [6.07, 6.45) is 0.349. The Labute approximate surface area is 203 Å². The lowest BCUT2D eigenvalue weighted by atomic mass is 10.0. The number of carbonyl (C=O) groups excluding carboxylic acids is 2. The molecule has 1 heterocycles. The van der Waals surface area contributed by atoms with Crippen molar-refractivity contribution in [3.63, 3.8) is 0 Å². The fourth-order valence-electron chi connectivity index (χ4n) is 3.82. The largest absolute Gasteiger partial charge is 0.493 e. The fraction of sp³-hybridized carbons (Fsp3) is 0.680. The molecule has 1 aliphatic heterocycles. The third kappa shape index (κ3) is 7.77. The molecular formula is C25H41N3O6.